The summed E-state index contributed by atoms with van der Waals surface area (Å²) in [5, 5.41) is 8.62. The van der Waals surface area contributed by atoms with Crippen molar-refractivity contribution >= 4 is 17.1 Å². The predicted molar refractivity (Wildman–Crippen MR) is 67.3 cm³/mol. The Morgan fingerprint density at radius 2 is 2.28 bits per heavy atom. The number of aliphatic carboxylic acids is 1. The molecule has 5 heteroatoms. The molecule has 96 valence electrons. The van der Waals surface area contributed by atoms with E-state index in [9.17, 15) is 4.79 Å². The Labute approximate surface area is 105 Å². The Kier molecular flexibility index (Phi) is 3.62. The molecule has 0 bridgehead atoms. The first kappa shape index (κ1) is 12.6. The quantitative estimate of drug-likeness (QED) is 0.877. The van der Waals surface area contributed by atoms with E-state index in [-0.39, 0.29) is 6.42 Å². The van der Waals surface area contributed by atoms with Crippen molar-refractivity contribution in [3.05, 3.63) is 29.7 Å². The summed E-state index contributed by atoms with van der Waals surface area (Å²) in [6.07, 6.45) is 0.153. The third-order valence-corrected chi connectivity index (χ3v) is 2.72. The third kappa shape index (κ3) is 3.07. The number of hydrogen-bond donors (Lipinski definition) is 1. The van der Waals surface area contributed by atoms with Crippen LogP contribution in [-0.4, -0.2) is 34.6 Å². The summed E-state index contributed by atoms with van der Waals surface area (Å²) >= 11 is 0. The molecule has 0 fully saturated rings. The molecule has 1 aromatic heterocycles. The van der Waals surface area contributed by atoms with Crippen molar-refractivity contribution in [1.29, 1.82) is 0 Å². The monoisotopic (exact) mass is 248 g/mol. The first-order chi connectivity index (χ1) is 8.54. The van der Waals surface area contributed by atoms with Gasteiger partial charge in [-0.3, -0.25) is 4.79 Å². The molecule has 1 heterocycles. The minimum atomic E-state index is -0.775. The fourth-order valence-electron chi connectivity index (χ4n) is 1.86. The van der Waals surface area contributed by atoms with Crippen LogP contribution in [0.25, 0.3) is 11.1 Å². The lowest BCUT2D eigenvalue weighted by Gasteiger charge is -2.15. The average molecular weight is 248 g/mol. The first-order valence-electron chi connectivity index (χ1n) is 5.81. The van der Waals surface area contributed by atoms with Gasteiger partial charge < -0.3 is 14.4 Å². The summed E-state index contributed by atoms with van der Waals surface area (Å²) < 4.78 is 5.46. The molecular weight excluding hydrogens is 232 g/mol. The SMILES string of the molecule is Cc1nc2ccc(CN(C)CCC(=O)O)cc2o1. The molecule has 18 heavy (non-hydrogen) atoms. The highest BCUT2D eigenvalue weighted by Gasteiger charge is 2.06. The lowest BCUT2D eigenvalue weighted by Crippen LogP contribution is -2.21. The second-order valence-corrected chi connectivity index (χ2v) is 4.42. The third-order valence-electron chi connectivity index (χ3n) is 2.72. The highest BCUT2D eigenvalue weighted by molar-refractivity contribution is 5.73. The van der Waals surface area contributed by atoms with Crippen LogP contribution in [0.2, 0.25) is 0 Å². The molecule has 2 rings (SSSR count). The van der Waals surface area contributed by atoms with Crippen molar-refractivity contribution in [2.24, 2.45) is 0 Å². The van der Waals surface area contributed by atoms with Gasteiger partial charge in [0.1, 0.15) is 5.52 Å². The van der Waals surface area contributed by atoms with E-state index in [1.807, 2.05) is 37.1 Å². The van der Waals surface area contributed by atoms with Crippen molar-refractivity contribution in [3.8, 4) is 0 Å². The molecule has 0 saturated heterocycles. The molecule has 0 saturated carbocycles. The summed E-state index contributed by atoms with van der Waals surface area (Å²) in [6.45, 7) is 3.05. The molecule has 0 aliphatic carbocycles. The van der Waals surface area contributed by atoms with Gasteiger partial charge in [-0.05, 0) is 24.7 Å². The second kappa shape index (κ2) is 5.18. The number of rotatable bonds is 5. The summed E-state index contributed by atoms with van der Waals surface area (Å²) in [7, 11) is 1.90. The number of hydrogen-bond acceptors (Lipinski definition) is 4. The molecule has 0 spiro atoms. The molecule has 1 N–H and O–H groups in total. The number of benzene rings is 1. The molecule has 0 amide bonds. The number of carboxylic acids is 1. The van der Waals surface area contributed by atoms with Crippen LogP contribution in [0.15, 0.2) is 22.6 Å². The maximum Gasteiger partial charge on any atom is 0.304 e. The Morgan fingerprint density at radius 1 is 1.50 bits per heavy atom. The number of aromatic nitrogens is 1. The van der Waals surface area contributed by atoms with E-state index in [1.165, 1.54) is 0 Å². The molecule has 0 aliphatic heterocycles. The average Bonchev–Trinajstić information content (AvgIpc) is 2.66. The van der Waals surface area contributed by atoms with Crippen LogP contribution in [-0.2, 0) is 11.3 Å². The van der Waals surface area contributed by atoms with Gasteiger partial charge in [0.05, 0.1) is 6.42 Å². The predicted octanol–water partition coefficient (Wildman–Crippen LogP) is 2.04. The van der Waals surface area contributed by atoms with Gasteiger partial charge in [-0.1, -0.05) is 6.07 Å². The number of nitrogens with zero attached hydrogens (tertiary/aromatic N) is 2. The number of carbonyl (C=O) groups is 1. The molecule has 2 aromatic rings. The van der Waals surface area contributed by atoms with E-state index >= 15 is 0 Å². The van der Waals surface area contributed by atoms with Gasteiger partial charge >= 0.3 is 5.97 Å². The zero-order chi connectivity index (χ0) is 13.1. The van der Waals surface area contributed by atoms with Gasteiger partial charge in [0.2, 0.25) is 0 Å². The second-order valence-electron chi connectivity index (χ2n) is 4.42. The van der Waals surface area contributed by atoms with E-state index in [0.29, 0.717) is 19.0 Å². The smallest absolute Gasteiger partial charge is 0.304 e. The van der Waals surface area contributed by atoms with E-state index in [2.05, 4.69) is 4.98 Å². The summed E-state index contributed by atoms with van der Waals surface area (Å²) in [5.41, 5.74) is 2.72. The van der Waals surface area contributed by atoms with Crippen molar-refractivity contribution < 1.29 is 14.3 Å². The molecule has 0 atom stereocenters. The fourth-order valence-corrected chi connectivity index (χ4v) is 1.86. The van der Waals surface area contributed by atoms with E-state index in [0.717, 1.165) is 16.7 Å². The summed E-state index contributed by atoms with van der Waals surface area (Å²) in [4.78, 5) is 16.7. The van der Waals surface area contributed by atoms with Gasteiger partial charge in [0.25, 0.3) is 0 Å². The van der Waals surface area contributed by atoms with Crippen molar-refractivity contribution in [2.45, 2.75) is 19.9 Å². The number of aryl methyl sites for hydroxylation is 1. The number of oxazole rings is 1. The van der Waals surface area contributed by atoms with Crippen LogP contribution in [0.3, 0.4) is 0 Å². The van der Waals surface area contributed by atoms with Gasteiger partial charge in [0.15, 0.2) is 11.5 Å². The van der Waals surface area contributed by atoms with Crippen LogP contribution >= 0.6 is 0 Å². The highest BCUT2D eigenvalue weighted by atomic mass is 16.4. The topological polar surface area (TPSA) is 66.6 Å². The molecule has 0 radical (unpaired) electrons. The Bertz CT molecular complexity index is 562. The van der Waals surface area contributed by atoms with Crippen LogP contribution < -0.4 is 0 Å². The zero-order valence-corrected chi connectivity index (χ0v) is 10.5. The minimum Gasteiger partial charge on any atom is -0.481 e. The lowest BCUT2D eigenvalue weighted by atomic mass is 10.2. The largest absolute Gasteiger partial charge is 0.481 e. The van der Waals surface area contributed by atoms with Crippen molar-refractivity contribution in [2.75, 3.05) is 13.6 Å². The molecule has 5 nitrogen and oxygen atoms in total. The summed E-state index contributed by atoms with van der Waals surface area (Å²) in [5.74, 6) is -0.121. The van der Waals surface area contributed by atoms with Crippen LogP contribution in [0, 0.1) is 6.92 Å². The summed E-state index contributed by atoms with van der Waals surface area (Å²) in [6, 6.07) is 5.86. The van der Waals surface area contributed by atoms with Gasteiger partial charge in [0, 0.05) is 20.0 Å². The number of carboxylic acid groups (broad SMARTS) is 1. The molecule has 0 unspecified atom stereocenters. The Hall–Kier alpha value is -1.88. The van der Waals surface area contributed by atoms with Gasteiger partial charge in [-0.25, -0.2) is 4.98 Å². The van der Waals surface area contributed by atoms with Crippen LogP contribution in [0.1, 0.15) is 17.9 Å². The maximum atomic E-state index is 10.5. The van der Waals surface area contributed by atoms with Crippen LogP contribution in [0.4, 0.5) is 0 Å². The van der Waals surface area contributed by atoms with Gasteiger partial charge in [-0.15, -0.1) is 0 Å². The Balaban J connectivity index is 2.04. The maximum absolute atomic E-state index is 10.5. The van der Waals surface area contributed by atoms with E-state index in [4.69, 9.17) is 9.52 Å². The van der Waals surface area contributed by atoms with Crippen LogP contribution in [0.5, 0.6) is 0 Å². The molecular formula is C13H16N2O3. The lowest BCUT2D eigenvalue weighted by molar-refractivity contribution is -0.137. The Morgan fingerprint density at radius 3 is 3.00 bits per heavy atom. The molecule has 0 aliphatic rings. The van der Waals surface area contributed by atoms with Gasteiger partial charge in [-0.2, -0.15) is 0 Å². The van der Waals surface area contributed by atoms with E-state index in [1.54, 1.807) is 0 Å². The van der Waals surface area contributed by atoms with Crippen molar-refractivity contribution in [3.63, 3.8) is 0 Å². The minimum absolute atomic E-state index is 0.153. The zero-order valence-electron chi connectivity index (χ0n) is 10.5. The normalized spacial score (nSPS) is 11.3. The standard InChI is InChI=1S/C13H16N2O3/c1-9-14-11-4-3-10(7-12(11)18-9)8-15(2)6-5-13(16)17/h3-4,7H,5-6,8H2,1-2H3,(H,16,17). The first-order valence-corrected chi connectivity index (χ1v) is 5.81. The molecule has 1 aromatic carbocycles. The van der Waals surface area contributed by atoms with E-state index < -0.39 is 5.97 Å². The fraction of sp³-hybridized carbons (Fsp3) is 0.385. The van der Waals surface area contributed by atoms with Crippen molar-refractivity contribution in [1.82, 2.24) is 9.88 Å². The highest BCUT2D eigenvalue weighted by Crippen LogP contribution is 2.17. The number of fused-ring (bicyclic) bond motifs is 1.